The third-order valence-corrected chi connectivity index (χ3v) is 3.21. The molecule has 0 unspecified atom stereocenters. The van der Waals surface area contributed by atoms with E-state index in [1.165, 1.54) is 0 Å². The highest BCUT2D eigenvalue weighted by molar-refractivity contribution is 5.86. The quantitative estimate of drug-likeness (QED) is 0.850. The molecule has 2 aromatic rings. The maximum atomic E-state index is 11.8. The summed E-state index contributed by atoms with van der Waals surface area (Å²) < 4.78 is 0. The van der Waals surface area contributed by atoms with E-state index in [1.807, 2.05) is 38.1 Å². The lowest BCUT2D eigenvalue weighted by atomic mass is 9.99. The van der Waals surface area contributed by atoms with Gasteiger partial charge in [0.1, 0.15) is 0 Å². The Hall–Kier alpha value is -2.34. The summed E-state index contributed by atoms with van der Waals surface area (Å²) in [5.41, 5.74) is 3.95. The minimum atomic E-state index is -0.0683. The molecule has 3 heteroatoms. The number of benzene rings is 1. The maximum absolute atomic E-state index is 11.8. The topological polar surface area (TPSA) is 42.0 Å². The molecule has 0 aliphatic carbocycles. The van der Waals surface area contributed by atoms with Crippen LogP contribution in [0.25, 0.3) is 10.9 Å². The van der Waals surface area contributed by atoms with Gasteiger partial charge >= 0.3 is 0 Å². The van der Waals surface area contributed by atoms with Gasteiger partial charge in [-0.1, -0.05) is 24.1 Å². The fraction of sp³-hybridized carbons (Fsp3) is 0.250. The molecule has 0 aliphatic rings. The predicted molar refractivity (Wildman–Crippen MR) is 76.8 cm³/mol. The maximum Gasteiger partial charge on any atom is 0.225 e. The first kappa shape index (κ1) is 13.1. The number of amides is 1. The molecule has 0 saturated carbocycles. The van der Waals surface area contributed by atoms with Crippen molar-refractivity contribution in [3.63, 3.8) is 0 Å². The summed E-state index contributed by atoms with van der Waals surface area (Å²) in [7, 11) is 0. The Morgan fingerprint density at radius 3 is 2.84 bits per heavy atom. The van der Waals surface area contributed by atoms with Crippen molar-refractivity contribution in [3.8, 4) is 12.3 Å². The van der Waals surface area contributed by atoms with Crippen LogP contribution in [0.4, 0.5) is 0 Å². The largest absolute Gasteiger partial charge is 0.345 e. The summed E-state index contributed by atoms with van der Waals surface area (Å²) in [5, 5.41) is 3.77. The van der Waals surface area contributed by atoms with Crippen LogP contribution < -0.4 is 5.32 Å². The average Bonchev–Trinajstić information content (AvgIpc) is 2.41. The SMILES string of the molecule is C#CCNC(=O)Cc1c(C)nc2ccccc2c1C. The summed E-state index contributed by atoms with van der Waals surface area (Å²) in [6.45, 7) is 4.22. The number of para-hydroxylation sites is 1. The molecule has 1 aromatic heterocycles. The van der Waals surface area contributed by atoms with Gasteiger partial charge in [-0.25, -0.2) is 0 Å². The molecular formula is C16H16N2O. The zero-order valence-electron chi connectivity index (χ0n) is 11.2. The highest BCUT2D eigenvalue weighted by Crippen LogP contribution is 2.22. The highest BCUT2D eigenvalue weighted by Gasteiger charge is 2.12. The molecule has 0 radical (unpaired) electrons. The molecule has 0 bridgehead atoms. The number of aromatic nitrogens is 1. The molecule has 19 heavy (non-hydrogen) atoms. The van der Waals surface area contributed by atoms with E-state index in [2.05, 4.69) is 16.2 Å². The van der Waals surface area contributed by atoms with Gasteiger partial charge in [0.25, 0.3) is 0 Å². The van der Waals surface area contributed by atoms with E-state index in [-0.39, 0.29) is 12.5 Å². The average molecular weight is 252 g/mol. The Morgan fingerprint density at radius 1 is 1.37 bits per heavy atom. The standard InChI is InChI=1S/C16H16N2O/c1-4-9-17-16(19)10-14-11(2)13-7-5-6-8-15(13)18-12(14)3/h1,5-8H,9-10H2,2-3H3,(H,17,19). The monoisotopic (exact) mass is 252 g/mol. The summed E-state index contributed by atoms with van der Waals surface area (Å²) in [6, 6.07) is 7.96. The number of fused-ring (bicyclic) bond motifs is 1. The number of aryl methyl sites for hydroxylation is 2. The lowest BCUT2D eigenvalue weighted by Crippen LogP contribution is -2.26. The van der Waals surface area contributed by atoms with Gasteiger partial charge in [-0.2, -0.15) is 0 Å². The Bertz CT molecular complexity index is 668. The molecule has 1 aromatic carbocycles. The van der Waals surface area contributed by atoms with Gasteiger partial charge in [0.15, 0.2) is 0 Å². The first-order valence-electron chi connectivity index (χ1n) is 6.18. The van der Waals surface area contributed by atoms with E-state index in [0.717, 1.165) is 27.7 Å². The van der Waals surface area contributed by atoms with Crippen molar-refractivity contribution >= 4 is 16.8 Å². The van der Waals surface area contributed by atoms with Crippen molar-refractivity contribution < 1.29 is 4.79 Å². The van der Waals surface area contributed by atoms with Crippen molar-refractivity contribution in [2.45, 2.75) is 20.3 Å². The van der Waals surface area contributed by atoms with Crippen LogP contribution in [0.5, 0.6) is 0 Å². The van der Waals surface area contributed by atoms with Crippen molar-refractivity contribution in [1.29, 1.82) is 0 Å². The number of pyridine rings is 1. The summed E-state index contributed by atoms with van der Waals surface area (Å²) >= 11 is 0. The zero-order chi connectivity index (χ0) is 13.8. The van der Waals surface area contributed by atoms with Crippen LogP contribution in [-0.2, 0) is 11.2 Å². The summed E-state index contributed by atoms with van der Waals surface area (Å²) in [5.74, 6) is 2.33. The van der Waals surface area contributed by atoms with Crippen molar-refractivity contribution in [2.75, 3.05) is 6.54 Å². The third-order valence-electron chi connectivity index (χ3n) is 3.21. The van der Waals surface area contributed by atoms with Crippen LogP contribution in [0.15, 0.2) is 24.3 Å². The number of hydrogen-bond acceptors (Lipinski definition) is 2. The normalized spacial score (nSPS) is 10.2. The predicted octanol–water partition coefficient (Wildman–Crippen LogP) is 2.14. The van der Waals surface area contributed by atoms with Crippen LogP contribution in [0.3, 0.4) is 0 Å². The first-order valence-corrected chi connectivity index (χ1v) is 6.18. The van der Waals surface area contributed by atoms with Gasteiger partial charge in [0, 0.05) is 11.1 Å². The van der Waals surface area contributed by atoms with Crippen LogP contribution >= 0.6 is 0 Å². The van der Waals surface area contributed by atoms with Crippen LogP contribution in [0, 0.1) is 26.2 Å². The molecule has 0 fully saturated rings. The second-order valence-electron chi connectivity index (χ2n) is 4.48. The lowest BCUT2D eigenvalue weighted by Gasteiger charge is -2.12. The zero-order valence-corrected chi connectivity index (χ0v) is 11.2. The number of hydrogen-bond donors (Lipinski definition) is 1. The Balaban J connectivity index is 2.38. The van der Waals surface area contributed by atoms with E-state index < -0.39 is 0 Å². The molecule has 96 valence electrons. The van der Waals surface area contributed by atoms with Gasteiger partial charge in [0.05, 0.1) is 18.5 Å². The molecule has 0 aliphatic heterocycles. The molecule has 0 spiro atoms. The molecule has 1 heterocycles. The fourth-order valence-electron chi connectivity index (χ4n) is 2.20. The van der Waals surface area contributed by atoms with Crippen LogP contribution in [0.1, 0.15) is 16.8 Å². The number of nitrogens with zero attached hydrogens (tertiary/aromatic N) is 1. The molecule has 1 amide bonds. The number of carbonyl (C=O) groups is 1. The van der Waals surface area contributed by atoms with Crippen LogP contribution in [0.2, 0.25) is 0 Å². The van der Waals surface area contributed by atoms with E-state index in [0.29, 0.717) is 6.42 Å². The molecule has 2 rings (SSSR count). The Kier molecular flexibility index (Phi) is 3.82. The molecule has 0 saturated heterocycles. The second-order valence-corrected chi connectivity index (χ2v) is 4.48. The molecular weight excluding hydrogens is 236 g/mol. The molecule has 1 N–H and O–H groups in total. The minimum Gasteiger partial charge on any atom is -0.345 e. The van der Waals surface area contributed by atoms with Gasteiger partial charge in [-0.15, -0.1) is 6.42 Å². The highest BCUT2D eigenvalue weighted by atomic mass is 16.1. The van der Waals surface area contributed by atoms with Gasteiger partial charge < -0.3 is 5.32 Å². The van der Waals surface area contributed by atoms with Gasteiger partial charge in [-0.05, 0) is 31.0 Å². The number of carbonyl (C=O) groups excluding carboxylic acids is 1. The van der Waals surface area contributed by atoms with Crippen molar-refractivity contribution in [3.05, 3.63) is 41.1 Å². The second kappa shape index (κ2) is 5.53. The van der Waals surface area contributed by atoms with Crippen molar-refractivity contribution in [1.82, 2.24) is 10.3 Å². The summed E-state index contributed by atoms with van der Waals surface area (Å²) in [4.78, 5) is 16.3. The van der Waals surface area contributed by atoms with E-state index in [9.17, 15) is 4.79 Å². The van der Waals surface area contributed by atoms with E-state index in [4.69, 9.17) is 6.42 Å². The van der Waals surface area contributed by atoms with Crippen LogP contribution in [-0.4, -0.2) is 17.4 Å². The third kappa shape index (κ3) is 2.74. The van der Waals surface area contributed by atoms with E-state index >= 15 is 0 Å². The molecule has 0 atom stereocenters. The van der Waals surface area contributed by atoms with Crippen molar-refractivity contribution in [2.24, 2.45) is 0 Å². The number of rotatable bonds is 3. The van der Waals surface area contributed by atoms with Gasteiger partial charge in [-0.3, -0.25) is 9.78 Å². The summed E-state index contributed by atoms with van der Waals surface area (Å²) in [6.07, 6.45) is 5.44. The number of nitrogens with one attached hydrogen (secondary N) is 1. The smallest absolute Gasteiger partial charge is 0.225 e. The first-order chi connectivity index (χ1) is 9.13. The Labute approximate surface area is 113 Å². The van der Waals surface area contributed by atoms with Gasteiger partial charge in [0.2, 0.25) is 5.91 Å². The van der Waals surface area contributed by atoms with E-state index in [1.54, 1.807) is 0 Å². The fourth-order valence-corrected chi connectivity index (χ4v) is 2.20. The minimum absolute atomic E-state index is 0.0683. The molecule has 3 nitrogen and oxygen atoms in total. The number of terminal acetylenes is 1. The lowest BCUT2D eigenvalue weighted by molar-refractivity contribution is -0.120. The Morgan fingerprint density at radius 2 is 2.11 bits per heavy atom.